The molecule has 0 amide bonds. The summed E-state index contributed by atoms with van der Waals surface area (Å²) in [7, 11) is 0. The van der Waals surface area contributed by atoms with E-state index in [-0.39, 0.29) is 16.4 Å². The fourth-order valence-electron chi connectivity index (χ4n) is 2.57. The van der Waals surface area contributed by atoms with Crippen molar-refractivity contribution in [3.05, 3.63) is 81.1 Å². The normalized spacial score (nSPS) is 11.2. The Morgan fingerprint density at radius 3 is 2.64 bits per heavy atom. The zero-order valence-corrected chi connectivity index (χ0v) is 14.0. The minimum atomic E-state index is -0.521. The molecule has 0 aliphatic rings. The van der Waals surface area contributed by atoms with Crippen molar-refractivity contribution in [1.82, 2.24) is 19.3 Å². The molecule has 0 fully saturated rings. The molecule has 8 heteroatoms. The molecular formula is C17H9Cl2FN4O. The Hall–Kier alpha value is -2.70. The lowest BCUT2D eigenvalue weighted by atomic mass is 10.2. The lowest BCUT2D eigenvalue weighted by molar-refractivity contribution is 0.629. The molecule has 25 heavy (non-hydrogen) atoms. The Kier molecular flexibility index (Phi) is 3.78. The van der Waals surface area contributed by atoms with Gasteiger partial charge in [0.15, 0.2) is 0 Å². The third kappa shape index (κ3) is 2.69. The van der Waals surface area contributed by atoms with Crippen molar-refractivity contribution in [2.24, 2.45) is 0 Å². The number of hydrogen-bond donors (Lipinski definition) is 0. The molecule has 5 nitrogen and oxygen atoms in total. The van der Waals surface area contributed by atoms with Crippen molar-refractivity contribution in [1.29, 1.82) is 0 Å². The predicted octanol–water partition coefficient (Wildman–Crippen LogP) is 4.02. The van der Waals surface area contributed by atoms with Crippen LogP contribution in [0, 0.1) is 5.82 Å². The number of benzene rings is 2. The Labute approximate surface area is 150 Å². The van der Waals surface area contributed by atoms with Gasteiger partial charge in [0, 0.05) is 17.4 Å². The molecule has 2 aromatic heterocycles. The van der Waals surface area contributed by atoms with Crippen LogP contribution >= 0.6 is 23.2 Å². The monoisotopic (exact) mass is 374 g/mol. The van der Waals surface area contributed by atoms with E-state index in [0.717, 1.165) is 6.07 Å². The van der Waals surface area contributed by atoms with Gasteiger partial charge in [-0.2, -0.15) is 5.10 Å². The van der Waals surface area contributed by atoms with Crippen LogP contribution in [0.2, 0.25) is 10.0 Å². The molecule has 0 atom stereocenters. The van der Waals surface area contributed by atoms with Crippen LogP contribution in [0.4, 0.5) is 4.39 Å². The van der Waals surface area contributed by atoms with Gasteiger partial charge >= 0.3 is 0 Å². The number of rotatable bonds is 2. The summed E-state index contributed by atoms with van der Waals surface area (Å²) in [6.45, 7) is 0. The van der Waals surface area contributed by atoms with Crippen molar-refractivity contribution >= 4 is 34.1 Å². The quantitative estimate of drug-likeness (QED) is 0.532. The molecule has 0 spiro atoms. The second kappa shape index (κ2) is 5.98. The van der Waals surface area contributed by atoms with Gasteiger partial charge in [-0.15, -0.1) is 0 Å². The van der Waals surface area contributed by atoms with Gasteiger partial charge in [-0.3, -0.25) is 4.79 Å². The standard InChI is InChI=1S/C17H9Cl2FN4O/c18-10-2-5-15(13(19)8-10)24-16(25)12-9-11(20)3-4-14(12)22-17(24)23-7-1-6-21-23/h1-9H. The first kappa shape index (κ1) is 15.8. The summed E-state index contributed by atoms with van der Waals surface area (Å²) >= 11 is 12.2. The molecule has 4 rings (SSSR count). The number of aromatic nitrogens is 4. The van der Waals surface area contributed by atoms with Crippen LogP contribution in [-0.2, 0) is 0 Å². The summed E-state index contributed by atoms with van der Waals surface area (Å²) in [6, 6.07) is 10.3. The highest BCUT2D eigenvalue weighted by Crippen LogP contribution is 2.25. The fraction of sp³-hybridized carbons (Fsp3) is 0. The molecule has 0 saturated carbocycles. The molecule has 0 bridgehead atoms. The highest BCUT2D eigenvalue weighted by molar-refractivity contribution is 6.35. The summed E-state index contributed by atoms with van der Waals surface area (Å²) in [6.07, 6.45) is 3.21. The molecule has 0 aliphatic carbocycles. The van der Waals surface area contributed by atoms with E-state index in [4.69, 9.17) is 23.2 Å². The van der Waals surface area contributed by atoms with Gasteiger partial charge in [0.05, 0.1) is 21.6 Å². The molecule has 0 saturated heterocycles. The number of halogens is 3. The molecule has 124 valence electrons. The second-order valence-electron chi connectivity index (χ2n) is 5.26. The number of hydrogen-bond acceptors (Lipinski definition) is 3. The second-order valence-corrected chi connectivity index (χ2v) is 6.10. The largest absolute Gasteiger partial charge is 0.268 e. The van der Waals surface area contributed by atoms with Crippen molar-refractivity contribution in [3.8, 4) is 11.6 Å². The van der Waals surface area contributed by atoms with E-state index in [1.165, 1.54) is 27.4 Å². The highest BCUT2D eigenvalue weighted by atomic mass is 35.5. The fourth-order valence-corrected chi connectivity index (χ4v) is 3.06. The van der Waals surface area contributed by atoms with Crippen LogP contribution in [0.3, 0.4) is 0 Å². The van der Waals surface area contributed by atoms with Crippen LogP contribution in [-0.4, -0.2) is 19.3 Å². The van der Waals surface area contributed by atoms with E-state index in [0.29, 0.717) is 16.2 Å². The molecule has 0 radical (unpaired) electrons. The third-order valence-electron chi connectivity index (χ3n) is 3.67. The summed E-state index contributed by atoms with van der Waals surface area (Å²) in [5, 5.41) is 4.97. The van der Waals surface area contributed by atoms with E-state index in [1.54, 1.807) is 30.6 Å². The van der Waals surface area contributed by atoms with Gasteiger partial charge in [0.1, 0.15) is 5.82 Å². The first-order chi connectivity index (χ1) is 12.0. The Balaban J connectivity index is 2.15. The zero-order valence-electron chi connectivity index (χ0n) is 12.5. The Bertz CT molecular complexity index is 1160. The van der Waals surface area contributed by atoms with E-state index < -0.39 is 11.4 Å². The van der Waals surface area contributed by atoms with Crippen molar-refractivity contribution in [3.63, 3.8) is 0 Å². The maximum absolute atomic E-state index is 13.6. The third-order valence-corrected chi connectivity index (χ3v) is 4.21. The first-order valence-corrected chi connectivity index (χ1v) is 7.98. The maximum Gasteiger partial charge on any atom is 0.267 e. The molecule has 4 aromatic rings. The molecular weight excluding hydrogens is 366 g/mol. The first-order valence-electron chi connectivity index (χ1n) is 7.22. The van der Waals surface area contributed by atoms with Gasteiger partial charge in [-0.1, -0.05) is 23.2 Å². The highest BCUT2D eigenvalue weighted by Gasteiger charge is 2.17. The van der Waals surface area contributed by atoms with Gasteiger partial charge in [0.2, 0.25) is 5.95 Å². The van der Waals surface area contributed by atoms with Crippen LogP contribution in [0.5, 0.6) is 0 Å². The van der Waals surface area contributed by atoms with Gasteiger partial charge in [-0.25, -0.2) is 18.6 Å². The average molecular weight is 375 g/mol. The summed E-state index contributed by atoms with van der Waals surface area (Å²) in [4.78, 5) is 17.5. The van der Waals surface area contributed by atoms with Crippen molar-refractivity contribution < 1.29 is 4.39 Å². The SMILES string of the molecule is O=c1c2cc(F)ccc2nc(-n2cccn2)n1-c1ccc(Cl)cc1Cl. The lowest BCUT2D eigenvalue weighted by Crippen LogP contribution is -2.25. The predicted molar refractivity (Wildman–Crippen MR) is 94.4 cm³/mol. The van der Waals surface area contributed by atoms with E-state index >= 15 is 0 Å². The van der Waals surface area contributed by atoms with Gasteiger partial charge < -0.3 is 0 Å². The van der Waals surface area contributed by atoms with Gasteiger partial charge in [-0.05, 0) is 42.5 Å². The van der Waals surface area contributed by atoms with Crippen LogP contribution in [0.15, 0.2) is 59.7 Å². The molecule has 0 N–H and O–H groups in total. The summed E-state index contributed by atoms with van der Waals surface area (Å²) in [5.41, 5.74) is 0.276. The smallest absolute Gasteiger partial charge is 0.267 e. The molecule has 2 aromatic carbocycles. The van der Waals surface area contributed by atoms with E-state index in [1.807, 2.05) is 0 Å². The van der Waals surface area contributed by atoms with Crippen molar-refractivity contribution in [2.75, 3.05) is 0 Å². The van der Waals surface area contributed by atoms with Gasteiger partial charge in [0.25, 0.3) is 5.56 Å². The topological polar surface area (TPSA) is 52.7 Å². The van der Waals surface area contributed by atoms with Crippen LogP contribution < -0.4 is 5.56 Å². The molecule has 2 heterocycles. The number of fused-ring (bicyclic) bond motifs is 1. The average Bonchev–Trinajstić information content (AvgIpc) is 3.11. The van der Waals surface area contributed by atoms with Crippen LogP contribution in [0.25, 0.3) is 22.5 Å². The minimum Gasteiger partial charge on any atom is -0.268 e. The van der Waals surface area contributed by atoms with Crippen molar-refractivity contribution in [2.45, 2.75) is 0 Å². The molecule has 0 aliphatic heterocycles. The summed E-state index contributed by atoms with van der Waals surface area (Å²) in [5.74, 6) is -0.287. The van der Waals surface area contributed by atoms with Crippen LogP contribution in [0.1, 0.15) is 0 Å². The maximum atomic E-state index is 13.6. The Morgan fingerprint density at radius 1 is 1.08 bits per heavy atom. The number of nitrogens with zero attached hydrogens (tertiary/aromatic N) is 4. The Morgan fingerprint density at radius 2 is 1.92 bits per heavy atom. The van der Waals surface area contributed by atoms with E-state index in [2.05, 4.69) is 10.1 Å². The minimum absolute atomic E-state index is 0.141. The molecule has 0 unspecified atom stereocenters. The van der Waals surface area contributed by atoms with E-state index in [9.17, 15) is 9.18 Å². The zero-order chi connectivity index (χ0) is 17.6. The summed E-state index contributed by atoms with van der Waals surface area (Å²) < 4.78 is 16.3. The lowest BCUT2D eigenvalue weighted by Gasteiger charge is -2.14.